The van der Waals surface area contributed by atoms with Crippen LogP contribution in [0.4, 0.5) is 0 Å². The Balaban J connectivity index is 1.56. The molecule has 1 aliphatic carbocycles. The van der Waals surface area contributed by atoms with Gasteiger partial charge in [-0.05, 0) is 32.2 Å². The number of methoxy groups -OCH3 is 1. The second-order valence-corrected chi connectivity index (χ2v) is 4.57. The van der Waals surface area contributed by atoms with E-state index in [9.17, 15) is 0 Å². The third-order valence-corrected chi connectivity index (χ3v) is 3.14. The molecular weight excluding hydrogens is 176 g/mol. The van der Waals surface area contributed by atoms with Crippen molar-refractivity contribution in [3.8, 4) is 0 Å². The van der Waals surface area contributed by atoms with Crippen molar-refractivity contribution in [3.05, 3.63) is 0 Å². The van der Waals surface area contributed by atoms with Crippen molar-refractivity contribution >= 4 is 0 Å². The van der Waals surface area contributed by atoms with Crippen LogP contribution in [0.2, 0.25) is 0 Å². The van der Waals surface area contributed by atoms with E-state index in [2.05, 4.69) is 10.2 Å². The second-order valence-electron chi connectivity index (χ2n) is 4.57. The van der Waals surface area contributed by atoms with Crippen LogP contribution in [0, 0.1) is 0 Å². The molecule has 1 heterocycles. The van der Waals surface area contributed by atoms with Crippen LogP contribution in [0.5, 0.6) is 0 Å². The largest absolute Gasteiger partial charge is 0.385 e. The van der Waals surface area contributed by atoms with Gasteiger partial charge in [-0.15, -0.1) is 0 Å². The lowest BCUT2D eigenvalue weighted by Gasteiger charge is -2.16. The first-order valence-corrected chi connectivity index (χ1v) is 5.86. The average Bonchev–Trinajstić information content (AvgIpc) is 2.87. The summed E-state index contributed by atoms with van der Waals surface area (Å²) in [6.45, 7) is 4.63. The van der Waals surface area contributed by atoms with Crippen molar-refractivity contribution in [2.24, 2.45) is 0 Å². The number of nitrogens with zero attached hydrogens (tertiary/aromatic N) is 1. The Morgan fingerprint density at radius 2 is 2.14 bits per heavy atom. The Labute approximate surface area is 86.8 Å². The van der Waals surface area contributed by atoms with Gasteiger partial charge in [-0.1, -0.05) is 0 Å². The topological polar surface area (TPSA) is 24.5 Å². The number of rotatable bonds is 6. The molecule has 1 atom stereocenters. The van der Waals surface area contributed by atoms with Gasteiger partial charge in [-0.3, -0.25) is 0 Å². The van der Waals surface area contributed by atoms with Crippen molar-refractivity contribution in [2.75, 3.05) is 33.4 Å². The molecule has 1 N–H and O–H groups in total. The molecule has 2 rings (SSSR count). The molecule has 14 heavy (non-hydrogen) atoms. The lowest BCUT2D eigenvalue weighted by Crippen LogP contribution is -2.34. The van der Waals surface area contributed by atoms with E-state index in [0.717, 1.165) is 18.7 Å². The maximum absolute atomic E-state index is 5.06. The predicted molar refractivity (Wildman–Crippen MR) is 57.5 cm³/mol. The molecule has 0 aromatic carbocycles. The number of hydrogen-bond donors (Lipinski definition) is 1. The predicted octanol–water partition coefficient (Wildman–Crippen LogP) is 0.849. The Morgan fingerprint density at radius 3 is 2.86 bits per heavy atom. The zero-order valence-electron chi connectivity index (χ0n) is 9.17. The Kier molecular flexibility index (Phi) is 3.79. The van der Waals surface area contributed by atoms with E-state index in [1.165, 1.54) is 45.3 Å². The zero-order chi connectivity index (χ0) is 9.80. The van der Waals surface area contributed by atoms with Crippen molar-refractivity contribution in [3.63, 3.8) is 0 Å². The SMILES string of the molecule is COCCCN1CCC(NC2CC2)C1. The summed E-state index contributed by atoms with van der Waals surface area (Å²) in [5.74, 6) is 0. The Morgan fingerprint density at radius 1 is 1.29 bits per heavy atom. The van der Waals surface area contributed by atoms with Crippen molar-refractivity contribution in [1.82, 2.24) is 10.2 Å². The van der Waals surface area contributed by atoms with Crippen molar-refractivity contribution < 1.29 is 4.74 Å². The van der Waals surface area contributed by atoms with E-state index in [1.54, 1.807) is 7.11 Å². The number of likely N-dealkylation sites (tertiary alicyclic amines) is 1. The minimum atomic E-state index is 0.769. The quantitative estimate of drug-likeness (QED) is 0.640. The highest BCUT2D eigenvalue weighted by molar-refractivity contribution is 4.89. The summed E-state index contributed by atoms with van der Waals surface area (Å²) in [4.78, 5) is 2.55. The highest BCUT2D eigenvalue weighted by Crippen LogP contribution is 2.21. The number of ether oxygens (including phenoxy) is 1. The molecule has 2 aliphatic rings. The molecule has 1 aliphatic heterocycles. The Hall–Kier alpha value is -0.120. The first kappa shape index (κ1) is 10.4. The van der Waals surface area contributed by atoms with Crippen LogP contribution in [0.1, 0.15) is 25.7 Å². The van der Waals surface area contributed by atoms with Crippen LogP contribution in [-0.2, 0) is 4.74 Å². The third kappa shape index (κ3) is 3.23. The first-order chi connectivity index (χ1) is 6.88. The van der Waals surface area contributed by atoms with Crippen LogP contribution in [-0.4, -0.2) is 50.3 Å². The summed E-state index contributed by atoms with van der Waals surface area (Å²) >= 11 is 0. The molecule has 0 bridgehead atoms. The maximum atomic E-state index is 5.06. The summed E-state index contributed by atoms with van der Waals surface area (Å²) in [6.07, 6.45) is 5.32. The smallest absolute Gasteiger partial charge is 0.0474 e. The standard InChI is InChI=1S/C11H22N2O/c1-14-8-2-6-13-7-5-11(9-13)12-10-3-4-10/h10-12H,2-9H2,1H3. The van der Waals surface area contributed by atoms with Gasteiger partial charge < -0.3 is 15.0 Å². The molecular formula is C11H22N2O. The van der Waals surface area contributed by atoms with E-state index in [0.29, 0.717) is 0 Å². The fourth-order valence-electron chi connectivity index (χ4n) is 2.19. The maximum Gasteiger partial charge on any atom is 0.0474 e. The molecule has 1 unspecified atom stereocenters. The highest BCUT2D eigenvalue weighted by atomic mass is 16.5. The highest BCUT2D eigenvalue weighted by Gasteiger charge is 2.28. The van der Waals surface area contributed by atoms with Crippen LogP contribution in [0.25, 0.3) is 0 Å². The van der Waals surface area contributed by atoms with Gasteiger partial charge in [0, 0.05) is 38.9 Å². The van der Waals surface area contributed by atoms with Gasteiger partial charge in [0.2, 0.25) is 0 Å². The molecule has 0 aromatic rings. The summed E-state index contributed by atoms with van der Waals surface area (Å²) in [5.41, 5.74) is 0. The fourth-order valence-corrected chi connectivity index (χ4v) is 2.19. The monoisotopic (exact) mass is 198 g/mol. The van der Waals surface area contributed by atoms with E-state index < -0.39 is 0 Å². The molecule has 82 valence electrons. The minimum Gasteiger partial charge on any atom is -0.385 e. The molecule has 3 nitrogen and oxygen atoms in total. The summed E-state index contributed by atoms with van der Waals surface area (Å²) < 4.78 is 5.06. The van der Waals surface area contributed by atoms with Crippen molar-refractivity contribution in [1.29, 1.82) is 0 Å². The van der Waals surface area contributed by atoms with Crippen LogP contribution in [0.15, 0.2) is 0 Å². The van der Waals surface area contributed by atoms with Crippen LogP contribution < -0.4 is 5.32 Å². The second kappa shape index (κ2) is 5.10. The van der Waals surface area contributed by atoms with Gasteiger partial charge in [0.05, 0.1) is 0 Å². The van der Waals surface area contributed by atoms with Gasteiger partial charge in [-0.25, -0.2) is 0 Å². The number of hydrogen-bond acceptors (Lipinski definition) is 3. The van der Waals surface area contributed by atoms with Gasteiger partial charge in [0.15, 0.2) is 0 Å². The average molecular weight is 198 g/mol. The molecule has 2 fully saturated rings. The van der Waals surface area contributed by atoms with Gasteiger partial charge in [-0.2, -0.15) is 0 Å². The summed E-state index contributed by atoms with van der Waals surface area (Å²) in [7, 11) is 1.78. The van der Waals surface area contributed by atoms with E-state index >= 15 is 0 Å². The van der Waals surface area contributed by atoms with E-state index in [1.807, 2.05) is 0 Å². The van der Waals surface area contributed by atoms with E-state index in [4.69, 9.17) is 4.74 Å². The Bertz CT molecular complexity index is 171. The lowest BCUT2D eigenvalue weighted by molar-refractivity contribution is 0.178. The molecule has 1 saturated carbocycles. The fraction of sp³-hybridized carbons (Fsp3) is 1.00. The minimum absolute atomic E-state index is 0.769. The van der Waals surface area contributed by atoms with Gasteiger partial charge >= 0.3 is 0 Å². The van der Waals surface area contributed by atoms with E-state index in [-0.39, 0.29) is 0 Å². The molecule has 0 spiro atoms. The molecule has 1 saturated heterocycles. The van der Waals surface area contributed by atoms with Crippen LogP contribution >= 0.6 is 0 Å². The lowest BCUT2D eigenvalue weighted by atomic mass is 10.2. The first-order valence-electron chi connectivity index (χ1n) is 5.86. The van der Waals surface area contributed by atoms with Crippen LogP contribution in [0.3, 0.4) is 0 Å². The zero-order valence-corrected chi connectivity index (χ0v) is 9.17. The normalized spacial score (nSPS) is 28.5. The van der Waals surface area contributed by atoms with Gasteiger partial charge in [0.1, 0.15) is 0 Å². The molecule has 3 heteroatoms. The van der Waals surface area contributed by atoms with Crippen molar-refractivity contribution in [2.45, 2.75) is 37.8 Å². The third-order valence-electron chi connectivity index (χ3n) is 3.14. The molecule has 0 aromatic heterocycles. The summed E-state index contributed by atoms with van der Waals surface area (Å²) in [6, 6.07) is 1.63. The van der Waals surface area contributed by atoms with Gasteiger partial charge in [0.25, 0.3) is 0 Å². The molecule has 0 radical (unpaired) electrons. The summed E-state index contributed by atoms with van der Waals surface area (Å²) in [5, 5.41) is 3.70. The molecule has 0 amide bonds. The number of nitrogens with one attached hydrogen (secondary N) is 1.